The summed E-state index contributed by atoms with van der Waals surface area (Å²) >= 11 is 0. The summed E-state index contributed by atoms with van der Waals surface area (Å²) in [5, 5.41) is 0. The van der Waals surface area contributed by atoms with Crippen molar-refractivity contribution in [1.29, 1.82) is 0 Å². The molecule has 0 aromatic heterocycles. The summed E-state index contributed by atoms with van der Waals surface area (Å²) in [7, 11) is 1.71. The minimum atomic E-state index is -0.505. The van der Waals surface area contributed by atoms with Gasteiger partial charge >= 0.3 is 6.09 Å². The Kier molecular flexibility index (Phi) is 5.38. The second-order valence-electron chi connectivity index (χ2n) is 5.67. The maximum Gasteiger partial charge on any atom is 0.410 e. The second kappa shape index (κ2) is 7.26. The van der Waals surface area contributed by atoms with Crippen molar-refractivity contribution in [3.05, 3.63) is 35.9 Å². The fourth-order valence-electron chi connectivity index (χ4n) is 2.52. The summed E-state index contributed by atoms with van der Waals surface area (Å²) < 4.78 is 5.30. The molecule has 22 heavy (non-hydrogen) atoms. The highest BCUT2D eigenvalue weighted by molar-refractivity contribution is 5.81. The van der Waals surface area contributed by atoms with Crippen LogP contribution in [0.2, 0.25) is 0 Å². The number of hydrogen-bond donors (Lipinski definition) is 1. The van der Waals surface area contributed by atoms with E-state index >= 15 is 0 Å². The summed E-state index contributed by atoms with van der Waals surface area (Å²) in [5.41, 5.74) is 6.56. The first-order valence-electron chi connectivity index (χ1n) is 7.47. The summed E-state index contributed by atoms with van der Waals surface area (Å²) in [5.74, 6) is -0.0754. The zero-order valence-electron chi connectivity index (χ0n) is 13.1. The van der Waals surface area contributed by atoms with Gasteiger partial charge < -0.3 is 20.3 Å². The molecule has 1 fully saturated rings. The number of likely N-dealkylation sites (N-methyl/N-ethyl adjacent to an activating group) is 1. The highest BCUT2D eigenvalue weighted by Crippen LogP contribution is 2.16. The van der Waals surface area contributed by atoms with E-state index in [1.807, 2.05) is 30.3 Å². The quantitative estimate of drug-likeness (QED) is 0.907. The number of nitrogens with two attached hydrogens (primary N) is 1. The van der Waals surface area contributed by atoms with Crippen LogP contribution in [0.5, 0.6) is 0 Å². The predicted octanol–water partition coefficient (Wildman–Crippen LogP) is 1.20. The lowest BCUT2D eigenvalue weighted by atomic mass is 10.2. The number of benzene rings is 1. The smallest absolute Gasteiger partial charge is 0.410 e. The van der Waals surface area contributed by atoms with Crippen molar-refractivity contribution in [2.75, 3.05) is 20.1 Å². The van der Waals surface area contributed by atoms with Crippen LogP contribution in [0.15, 0.2) is 30.3 Å². The van der Waals surface area contributed by atoms with Crippen molar-refractivity contribution in [2.45, 2.75) is 32.0 Å². The van der Waals surface area contributed by atoms with E-state index in [4.69, 9.17) is 10.5 Å². The summed E-state index contributed by atoms with van der Waals surface area (Å²) in [4.78, 5) is 27.2. The highest BCUT2D eigenvalue weighted by Gasteiger charge is 2.32. The Hall–Kier alpha value is -2.08. The van der Waals surface area contributed by atoms with Gasteiger partial charge in [-0.1, -0.05) is 30.3 Å². The fourth-order valence-corrected chi connectivity index (χ4v) is 2.52. The van der Waals surface area contributed by atoms with Gasteiger partial charge in [0.25, 0.3) is 0 Å². The average molecular weight is 305 g/mol. The molecule has 1 aliphatic heterocycles. The molecule has 0 bridgehead atoms. The molecule has 0 radical (unpaired) electrons. The van der Waals surface area contributed by atoms with Crippen LogP contribution >= 0.6 is 0 Å². The summed E-state index contributed by atoms with van der Waals surface area (Å²) in [6, 6.07) is 9.01. The monoisotopic (exact) mass is 305 g/mol. The number of hydrogen-bond acceptors (Lipinski definition) is 4. The molecule has 2 atom stereocenters. The Balaban J connectivity index is 1.83. The van der Waals surface area contributed by atoms with Crippen LogP contribution in [0.25, 0.3) is 0 Å². The number of nitrogens with zero attached hydrogens (tertiary/aromatic N) is 2. The van der Waals surface area contributed by atoms with Crippen molar-refractivity contribution >= 4 is 12.0 Å². The molecule has 6 nitrogen and oxygen atoms in total. The second-order valence-corrected chi connectivity index (χ2v) is 5.67. The molecule has 1 saturated heterocycles. The molecule has 1 aromatic carbocycles. The number of ether oxygens (including phenoxy) is 1. The van der Waals surface area contributed by atoms with E-state index in [1.165, 1.54) is 0 Å². The molecule has 1 aliphatic rings. The maximum atomic E-state index is 12.1. The first-order chi connectivity index (χ1) is 10.5. The van der Waals surface area contributed by atoms with Gasteiger partial charge in [0, 0.05) is 20.1 Å². The number of carbonyl (C=O) groups is 2. The molecule has 6 heteroatoms. The van der Waals surface area contributed by atoms with Gasteiger partial charge in [-0.15, -0.1) is 0 Å². The van der Waals surface area contributed by atoms with E-state index in [1.54, 1.807) is 23.8 Å². The normalized spacial score (nSPS) is 18.9. The first-order valence-corrected chi connectivity index (χ1v) is 7.47. The molecule has 0 unspecified atom stereocenters. The van der Waals surface area contributed by atoms with Crippen LogP contribution in [-0.4, -0.2) is 54.0 Å². The molecule has 120 valence electrons. The molecule has 0 spiro atoms. The lowest BCUT2D eigenvalue weighted by molar-refractivity contribution is -0.131. The minimum Gasteiger partial charge on any atom is -0.445 e. The lowest BCUT2D eigenvalue weighted by Gasteiger charge is -2.24. The number of likely N-dealkylation sites (tertiary alicyclic amines) is 1. The molecule has 2 N–H and O–H groups in total. The van der Waals surface area contributed by atoms with Gasteiger partial charge in [-0.25, -0.2) is 4.79 Å². The fraction of sp³-hybridized carbons (Fsp3) is 0.500. The van der Waals surface area contributed by atoms with Crippen LogP contribution in [0.1, 0.15) is 18.9 Å². The Morgan fingerprint density at radius 3 is 2.73 bits per heavy atom. The van der Waals surface area contributed by atoms with Crippen LogP contribution in [0.3, 0.4) is 0 Å². The van der Waals surface area contributed by atoms with E-state index in [0.29, 0.717) is 13.1 Å². The summed E-state index contributed by atoms with van der Waals surface area (Å²) in [6.45, 7) is 3.06. The van der Waals surface area contributed by atoms with Gasteiger partial charge in [-0.3, -0.25) is 4.79 Å². The van der Waals surface area contributed by atoms with Crippen LogP contribution in [0, 0.1) is 0 Å². The van der Waals surface area contributed by atoms with Crippen molar-refractivity contribution in [1.82, 2.24) is 9.80 Å². The molecule has 0 saturated carbocycles. The summed E-state index contributed by atoms with van der Waals surface area (Å²) in [6.07, 6.45) is 0.374. The van der Waals surface area contributed by atoms with Crippen molar-refractivity contribution in [2.24, 2.45) is 5.73 Å². The predicted molar refractivity (Wildman–Crippen MR) is 83.0 cm³/mol. The van der Waals surface area contributed by atoms with Crippen LogP contribution < -0.4 is 5.73 Å². The van der Waals surface area contributed by atoms with Gasteiger partial charge in [0.05, 0.1) is 12.1 Å². The zero-order chi connectivity index (χ0) is 16.1. The Morgan fingerprint density at radius 1 is 1.41 bits per heavy atom. The maximum absolute atomic E-state index is 12.1. The van der Waals surface area contributed by atoms with E-state index in [-0.39, 0.29) is 24.6 Å². The number of amides is 2. The van der Waals surface area contributed by atoms with Crippen LogP contribution in [-0.2, 0) is 16.1 Å². The third-order valence-electron chi connectivity index (χ3n) is 3.91. The third-order valence-corrected chi connectivity index (χ3v) is 3.91. The number of rotatable bonds is 4. The Bertz CT molecular complexity index is 519. The molecular formula is C16H23N3O3. The number of carbonyl (C=O) groups excluding carboxylic acids is 2. The van der Waals surface area contributed by atoms with Gasteiger partial charge in [-0.05, 0) is 18.9 Å². The Morgan fingerprint density at radius 2 is 2.09 bits per heavy atom. The van der Waals surface area contributed by atoms with Gasteiger partial charge in [0.2, 0.25) is 5.91 Å². The molecular weight excluding hydrogens is 282 g/mol. The van der Waals surface area contributed by atoms with E-state index in [9.17, 15) is 9.59 Å². The van der Waals surface area contributed by atoms with Crippen molar-refractivity contribution in [3.63, 3.8) is 0 Å². The SMILES string of the molecule is C[C@H](N)C(=O)N1CC[C@H](N(C)C(=O)OCc2ccccc2)C1. The largest absolute Gasteiger partial charge is 0.445 e. The van der Waals surface area contributed by atoms with E-state index in [2.05, 4.69) is 0 Å². The lowest BCUT2D eigenvalue weighted by Crippen LogP contribution is -2.44. The van der Waals surface area contributed by atoms with Crippen LogP contribution in [0.4, 0.5) is 4.79 Å². The molecule has 2 rings (SSSR count). The molecule has 2 amide bonds. The van der Waals surface area contributed by atoms with Gasteiger partial charge in [-0.2, -0.15) is 0 Å². The topological polar surface area (TPSA) is 75.9 Å². The van der Waals surface area contributed by atoms with Gasteiger partial charge in [0.1, 0.15) is 6.61 Å². The first kappa shape index (κ1) is 16.3. The zero-order valence-corrected chi connectivity index (χ0v) is 13.1. The van der Waals surface area contributed by atoms with Crippen molar-refractivity contribution in [3.8, 4) is 0 Å². The molecule has 1 aromatic rings. The third kappa shape index (κ3) is 3.98. The highest BCUT2D eigenvalue weighted by atomic mass is 16.6. The van der Waals surface area contributed by atoms with Gasteiger partial charge in [0.15, 0.2) is 0 Å². The van der Waals surface area contributed by atoms with Crippen molar-refractivity contribution < 1.29 is 14.3 Å². The molecule has 1 heterocycles. The minimum absolute atomic E-state index is 0.0222. The standard InChI is InChI=1S/C16H23N3O3/c1-12(17)15(20)19-9-8-14(10-19)18(2)16(21)22-11-13-6-4-3-5-7-13/h3-7,12,14H,8-11,17H2,1-2H3/t12-,14-/m0/s1. The Labute approximate surface area is 130 Å². The molecule has 0 aliphatic carbocycles. The van der Waals surface area contributed by atoms with E-state index < -0.39 is 6.04 Å². The van der Waals surface area contributed by atoms with E-state index in [0.717, 1.165) is 12.0 Å². The average Bonchev–Trinajstić information content (AvgIpc) is 3.01.